The Hall–Kier alpha value is -0.120. The molecule has 0 aliphatic heterocycles. The fraction of sp³-hybridized carbons (Fsp3) is 1.00. The third-order valence-corrected chi connectivity index (χ3v) is 2.29. The SMILES string of the molecule is CC(NCCCN(C)C)C(C)(C)O. The van der Waals surface area contributed by atoms with Crippen molar-refractivity contribution in [2.24, 2.45) is 0 Å². The molecule has 0 spiro atoms. The van der Waals surface area contributed by atoms with Crippen LogP contribution in [0.5, 0.6) is 0 Å². The minimum Gasteiger partial charge on any atom is -0.389 e. The van der Waals surface area contributed by atoms with Gasteiger partial charge in [0.25, 0.3) is 0 Å². The van der Waals surface area contributed by atoms with E-state index >= 15 is 0 Å². The molecule has 0 amide bonds. The standard InChI is InChI=1S/C10H24N2O/c1-9(10(2,3)13)11-7-6-8-12(4)5/h9,11,13H,6-8H2,1-5H3. The van der Waals surface area contributed by atoms with Crippen LogP contribution in [-0.2, 0) is 0 Å². The van der Waals surface area contributed by atoms with Crippen LogP contribution in [0, 0.1) is 0 Å². The molecule has 3 nitrogen and oxygen atoms in total. The molecule has 80 valence electrons. The Balaban J connectivity index is 3.43. The van der Waals surface area contributed by atoms with Crippen molar-refractivity contribution in [2.75, 3.05) is 27.2 Å². The fourth-order valence-corrected chi connectivity index (χ4v) is 0.964. The summed E-state index contributed by atoms with van der Waals surface area (Å²) < 4.78 is 0. The van der Waals surface area contributed by atoms with Crippen molar-refractivity contribution in [3.05, 3.63) is 0 Å². The lowest BCUT2D eigenvalue weighted by atomic mass is 10.0. The summed E-state index contributed by atoms with van der Waals surface area (Å²) in [6.45, 7) is 7.72. The van der Waals surface area contributed by atoms with Gasteiger partial charge in [0.15, 0.2) is 0 Å². The summed E-state index contributed by atoms with van der Waals surface area (Å²) in [7, 11) is 4.14. The summed E-state index contributed by atoms with van der Waals surface area (Å²) in [5, 5.41) is 12.9. The van der Waals surface area contributed by atoms with Crippen molar-refractivity contribution in [3.8, 4) is 0 Å². The number of rotatable bonds is 6. The molecule has 0 saturated heterocycles. The normalized spacial score (nSPS) is 15.0. The van der Waals surface area contributed by atoms with E-state index in [1.165, 1.54) is 0 Å². The van der Waals surface area contributed by atoms with Gasteiger partial charge in [0.05, 0.1) is 5.60 Å². The van der Waals surface area contributed by atoms with E-state index in [2.05, 4.69) is 24.3 Å². The Morgan fingerprint density at radius 1 is 1.38 bits per heavy atom. The maximum atomic E-state index is 9.62. The summed E-state index contributed by atoms with van der Waals surface area (Å²) in [5.74, 6) is 0. The fourth-order valence-electron chi connectivity index (χ4n) is 0.964. The number of nitrogens with zero attached hydrogens (tertiary/aromatic N) is 1. The average Bonchev–Trinajstić information content (AvgIpc) is 1.95. The Labute approximate surface area is 82.1 Å². The molecule has 0 rings (SSSR count). The third kappa shape index (κ3) is 6.99. The molecule has 0 aliphatic rings. The summed E-state index contributed by atoms with van der Waals surface area (Å²) >= 11 is 0. The molecule has 3 heteroatoms. The first-order valence-electron chi connectivity index (χ1n) is 4.94. The van der Waals surface area contributed by atoms with Crippen LogP contribution in [0.4, 0.5) is 0 Å². The number of hydrogen-bond acceptors (Lipinski definition) is 3. The first-order valence-corrected chi connectivity index (χ1v) is 4.94. The second-order valence-electron chi connectivity index (χ2n) is 4.49. The lowest BCUT2D eigenvalue weighted by Gasteiger charge is -2.27. The highest BCUT2D eigenvalue weighted by Crippen LogP contribution is 2.06. The molecule has 0 saturated carbocycles. The predicted molar refractivity (Wildman–Crippen MR) is 56.9 cm³/mol. The van der Waals surface area contributed by atoms with Crippen molar-refractivity contribution in [1.82, 2.24) is 10.2 Å². The summed E-state index contributed by atoms with van der Waals surface area (Å²) in [6, 6.07) is 0.148. The van der Waals surface area contributed by atoms with Crippen molar-refractivity contribution < 1.29 is 5.11 Å². The number of hydrogen-bond donors (Lipinski definition) is 2. The van der Waals surface area contributed by atoms with Crippen LogP contribution in [0.1, 0.15) is 27.2 Å². The zero-order valence-electron chi connectivity index (χ0n) is 9.59. The molecule has 0 fully saturated rings. The second kappa shape index (κ2) is 5.58. The maximum Gasteiger partial charge on any atom is 0.0741 e. The van der Waals surface area contributed by atoms with Gasteiger partial charge in [0, 0.05) is 6.04 Å². The van der Waals surface area contributed by atoms with Gasteiger partial charge in [-0.3, -0.25) is 0 Å². The van der Waals surface area contributed by atoms with E-state index in [4.69, 9.17) is 0 Å². The zero-order valence-corrected chi connectivity index (χ0v) is 9.59. The summed E-state index contributed by atoms with van der Waals surface area (Å²) in [4.78, 5) is 2.16. The van der Waals surface area contributed by atoms with Gasteiger partial charge in [-0.25, -0.2) is 0 Å². The molecule has 0 heterocycles. The molecule has 13 heavy (non-hydrogen) atoms. The van der Waals surface area contributed by atoms with Crippen LogP contribution in [0.3, 0.4) is 0 Å². The topological polar surface area (TPSA) is 35.5 Å². The van der Waals surface area contributed by atoms with E-state index in [1.807, 2.05) is 20.8 Å². The predicted octanol–water partition coefficient (Wildman–Crippen LogP) is 0.687. The largest absolute Gasteiger partial charge is 0.389 e. The average molecular weight is 188 g/mol. The molecule has 2 N–H and O–H groups in total. The van der Waals surface area contributed by atoms with Gasteiger partial charge in [0.1, 0.15) is 0 Å². The maximum absolute atomic E-state index is 9.62. The van der Waals surface area contributed by atoms with Gasteiger partial charge in [0.2, 0.25) is 0 Å². The molecule has 0 aromatic heterocycles. The molecule has 0 aromatic carbocycles. The Morgan fingerprint density at radius 2 is 1.92 bits per heavy atom. The molecule has 0 aliphatic carbocycles. The minimum atomic E-state index is -0.627. The summed E-state index contributed by atoms with van der Waals surface area (Å²) in [5.41, 5.74) is -0.627. The highest BCUT2D eigenvalue weighted by atomic mass is 16.3. The molecule has 0 bridgehead atoms. The van der Waals surface area contributed by atoms with Crippen LogP contribution in [0.15, 0.2) is 0 Å². The molecule has 0 aromatic rings. The number of nitrogens with one attached hydrogen (secondary N) is 1. The second-order valence-corrected chi connectivity index (χ2v) is 4.49. The quantitative estimate of drug-likeness (QED) is 0.602. The molecule has 1 unspecified atom stereocenters. The van der Waals surface area contributed by atoms with Crippen LogP contribution in [0.2, 0.25) is 0 Å². The summed E-state index contributed by atoms with van der Waals surface area (Å²) in [6.07, 6.45) is 1.12. The van der Waals surface area contributed by atoms with Gasteiger partial charge in [-0.15, -0.1) is 0 Å². The lowest BCUT2D eigenvalue weighted by Crippen LogP contribution is -2.45. The van der Waals surface area contributed by atoms with Crippen LogP contribution >= 0.6 is 0 Å². The first-order chi connectivity index (χ1) is 5.84. The smallest absolute Gasteiger partial charge is 0.0741 e. The monoisotopic (exact) mass is 188 g/mol. The first kappa shape index (κ1) is 12.9. The van der Waals surface area contributed by atoms with E-state index in [9.17, 15) is 5.11 Å². The van der Waals surface area contributed by atoms with Crippen LogP contribution in [-0.4, -0.2) is 48.8 Å². The third-order valence-electron chi connectivity index (χ3n) is 2.29. The zero-order chi connectivity index (χ0) is 10.5. The van der Waals surface area contributed by atoms with Crippen molar-refractivity contribution in [2.45, 2.75) is 38.8 Å². The Kier molecular flexibility index (Phi) is 5.53. The number of aliphatic hydroxyl groups is 1. The van der Waals surface area contributed by atoms with E-state index in [0.717, 1.165) is 19.5 Å². The molecular weight excluding hydrogens is 164 g/mol. The lowest BCUT2D eigenvalue weighted by molar-refractivity contribution is 0.0442. The van der Waals surface area contributed by atoms with E-state index < -0.39 is 5.60 Å². The Morgan fingerprint density at radius 3 is 2.31 bits per heavy atom. The van der Waals surface area contributed by atoms with Crippen molar-refractivity contribution in [3.63, 3.8) is 0 Å². The van der Waals surface area contributed by atoms with Gasteiger partial charge >= 0.3 is 0 Å². The van der Waals surface area contributed by atoms with Crippen LogP contribution in [0.25, 0.3) is 0 Å². The van der Waals surface area contributed by atoms with Gasteiger partial charge < -0.3 is 15.3 Å². The van der Waals surface area contributed by atoms with Crippen molar-refractivity contribution in [1.29, 1.82) is 0 Å². The molecule has 0 radical (unpaired) electrons. The van der Waals surface area contributed by atoms with Gasteiger partial charge in [-0.2, -0.15) is 0 Å². The van der Waals surface area contributed by atoms with Crippen molar-refractivity contribution >= 4 is 0 Å². The minimum absolute atomic E-state index is 0.148. The molecular formula is C10H24N2O. The van der Waals surface area contributed by atoms with E-state index in [-0.39, 0.29) is 6.04 Å². The van der Waals surface area contributed by atoms with Gasteiger partial charge in [-0.1, -0.05) is 0 Å². The van der Waals surface area contributed by atoms with Gasteiger partial charge in [-0.05, 0) is 54.4 Å². The van der Waals surface area contributed by atoms with Crippen LogP contribution < -0.4 is 5.32 Å². The highest BCUT2D eigenvalue weighted by Gasteiger charge is 2.20. The van der Waals surface area contributed by atoms with E-state index in [0.29, 0.717) is 0 Å². The Bertz CT molecular complexity index is 129. The van der Waals surface area contributed by atoms with E-state index in [1.54, 1.807) is 0 Å². The molecule has 1 atom stereocenters. The highest BCUT2D eigenvalue weighted by molar-refractivity contribution is 4.79.